The zero-order valence-corrected chi connectivity index (χ0v) is 10.5. The largest absolute Gasteiger partial charge is 0.450 e. The molecule has 1 aromatic heterocycles. The van der Waals surface area contributed by atoms with Gasteiger partial charge in [-0.3, -0.25) is 4.79 Å². The van der Waals surface area contributed by atoms with Crippen LogP contribution in [0.4, 0.5) is 4.39 Å². The van der Waals surface area contributed by atoms with Crippen molar-refractivity contribution >= 4 is 16.8 Å². The van der Waals surface area contributed by atoms with E-state index in [0.717, 1.165) is 19.3 Å². The Morgan fingerprint density at radius 1 is 1.26 bits per heavy atom. The van der Waals surface area contributed by atoms with E-state index in [2.05, 4.69) is 0 Å². The van der Waals surface area contributed by atoms with Crippen LogP contribution in [0.1, 0.15) is 42.7 Å². The molecule has 1 aliphatic rings. The number of Topliss-reactive ketones (excluding diaryl/α,β-unsaturated/α-hetero) is 1. The van der Waals surface area contributed by atoms with Gasteiger partial charge in [-0.1, -0.05) is 31.4 Å². The van der Waals surface area contributed by atoms with Gasteiger partial charge in [-0.15, -0.1) is 0 Å². The van der Waals surface area contributed by atoms with Gasteiger partial charge in [0.2, 0.25) is 5.78 Å². The maximum absolute atomic E-state index is 13.5. The molecular formula is C15H15FO3. The SMILES string of the molecule is O=C(c1cc2cccc(F)c2o1)C1(O)CCCCC1. The molecule has 2 aromatic rings. The second kappa shape index (κ2) is 4.46. The molecule has 1 fully saturated rings. The van der Waals surface area contributed by atoms with Gasteiger partial charge in [0, 0.05) is 5.39 Å². The molecule has 1 heterocycles. The minimum atomic E-state index is -1.34. The van der Waals surface area contributed by atoms with E-state index in [-0.39, 0.29) is 11.3 Å². The van der Waals surface area contributed by atoms with Gasteiger partial charge in [0.25, 0.3) is 0 Å². The Bertz CT molecular complexity index is 623. The van der Waals surface area contributed by atoms with Crippen molar-refractivity contribution in [2.45, 2.75) is 37.7 Å². The van der Waals surface area contributed by atoms with E-state index in [4.69, 9.17) is 4.42 Å². The first-order valence-corrected chi connectivity index (χ1v) is 6.55. The van der Waals surface area contributed by atoms with Crippen LogP contribution in [0.2, 0.25) is 0 Å². The van der Waals surface area contributed by atoms with Crippen molar-refractivity contribution in [1.82, 2.24) is 0 Å². The first kappa shape index (κ1) is 12.4. The van der Waals surface area contributed by atoms with Crippen molar-refractivity contribution in [2.75, 3.05) is 0 Å². The molecule has 3 rings (SSSR count). The molecule has 0 atom stereocenters. The normalized spacial score (nSPS) is 18.6. The summed E-state index contributed by atoms with van der Waals surface area (Å²) in [6.07, 6.45) is 3.59. The minimum Gasteiger partial charge on any atom is -0.450 e. The molecule has 19 heavy (non-hydrogen) atoms. The van der Waals surface area contributed by atoms with E-state index in [9.17, 15) is 14.3 Å². The van der Waals surface area contributed by atoms with Gasteiger partial charge in [-0.05, 0) is 25.0 Å². The van der Waals surface area contributed by atoms with Crippen LogP contribution in [0, 0.1) is 5.82 Å². The van der Waals surface area contributed by atoms with E-state index < -0.39 is 17.2 Å². The smallest absolute Gasteiger partial charge is 0.229 e. The van der Waals surface area contributed by atoms with Crippen molar-refractivity contribution in [2.24, 2.45) is 0 Å². The maximum Gasteiger partial charge on any atom is 0.229 e. The Labute approximate surface area is 110 Å². The van der Waals surface area contributed by atoms with Gasteiger partial charge in [-0.2, -0.15) is 0 Å². The number of halogens is 1. The van der Waals surface area contributed by atoms with Crippen LogP contribution >= 0.6 is 0 Å². The van der Waals surface area contributed by atoms with Crippen molar-refractivity contribution in [1.29, 1.82) is 0 Å². The molecule has 0 aliphatic heterocycles. The Hall–Kier alpha value is -1.68. The summed E-state index contributed by atoms with van der Waals surface area (Å²) in [6, 6.07) is 6.04. The molecule has 1 aliphatic carbocycles. The molecule has 0 unspecified atom stereocenters. The number of furan rings is 1. The summed E-state index contributed by atoms with van der Waals surface area (Å²) in [7, 11) is 0. The molecule has 1 saturated carbocycles. The summed E-state index contributed by atoms with van der Waals surface area (Å²) < 4.78 is 18.8. The number of hydrogen-bond acceptors (Lipinski definition) is 3. The van der Waals surface area contributed by atoms with E-state index >= 15 is 0 Å². The third kappa shape index (κ3) is 2.06. The fraction of sp³-hybridized carbons (Fsp3) is 0.400. The second-order valence-corrected chi connectivity index (χ2v) is 5.19. The first-order valence-electron chi connectivity index (χ1n) is 6.55. The molecule has 1 N–H and O–H groups in total. The molecule has 3 nitrogen and oxygen atoms in total. The average molecular weight is 262 g/mol. The highest BCUT2D eigenvalue weighted by Crippen LogP contribution is 2.33. The van der Waals surface area contributed by atoms with Crippen LogP contribution in [-0.2, 0) is 0 Å². The maximum atomic E-state index is 13.5. The highest BCUT2D eigenvalue weighted by atomic mass is 19.1. The number of fused-ring (bicyclic) bond motifs is 1. The van der Waals surface area contributed by atoms with Gasteiger partial charge in [0.1, 0.15) is 5.60 Å². The number of carbonyl (C=O) groups excluding carboxylic acids is 1. The van der Waals surface area contributed by atoms with Gasteiger partial charge >= 0.3 is 0 Å². The first-order chi connectivity index (χ1) is 9.10. The van der Waals surface area contributed by atoms with Crippen LogP contribution in [0.3, 0.4) is 0 Å². The minimum absolute atomic E-state index is 0.0458. The summed E-state index contributed by atoms with van der Waals surface area (Å²) >= 11 is 0. The quantitative estimate of drug-likeness (QED) is 0.843. The Balaban J connectivity index is 1.99. The van der Waals surface area contributed by atoms with Crippen molar-refractivity contribution in [3.63, 3.8) is 0 Å². The monoisotopic (exact) mass is 262 g/mol. The van der Waals surface area contributed by atoms with Crippen LogP contribution in [0.15, 0.2) is 28.7 Å². The number of carbonyl (C=O) groups is 1. The van der Waals surface area contributed by atoms with Crippen molar-refractivity contribution in [3.05, 3.63) is 35.8 Å². The molecule has 0 radical (unpaired) electrons. The molecular weight excluding hydrogens is 247 g/mol. The number of rotatable bonds is 2. The number of aliphatic hydroxyl groups is 1. The van der Waals surface area contributed by atoms with Gasteiger partial charge in [0.05, 0.1) is 0 Å². The molecule has 0 saturated heterocycles. The van der Waals surface area contributed by atoms with Gasteiger partial charge in [0.15, 0.2) is 17.2 Å². The number of ketones is 1. The van der Waals surface area contributed by atoms with E-state index in [1.807, 2.05) is 0 Å². The summed E-state index contributed by atoms with van der Waals surface area (Å²) in [5, 5.41) is 10.9. The third-order valence-electron chi connectivity index (χ3n) is 3.82. The van der Waals surface area contributed by atoms with Crippen LogP contribution in [-0.4, -0.2) is 16.5 Å². The standard InChI is InChI=1S/C15H15FO3/c16-11-6-4-5-10-9-12(19-13(10)11)14(17)15(18)7-2-1-3-8-15/h4-6,9,18H,1-3,7-8H2. The highest BCUT2D eigenvalue weighted by Gasteiger charge is 2.39. The lowest BCUT2D eigenvalue weighted by molar-refractivity contribution is 0.00943. The van der Waals surface area contributed by atoms with Gasteiger partial charge in [-0.25, -0.2) is 4.39 Å². The molecule has 1 aromatic carbocycles. The van der Waals surface area contributed by atoms with E-state index in [1.165, 1.54) is 12.1 Å². The zero-order chi connectivity index (χ0) is 13.5. The lowest BCUT2D eigenvalue weighted by Crippen LogP contribution is -2.40. The summed E-state index contributed by atoms with van der Waals surface area (Å²) in [4.78, 5) is 12.3. The van der Waals surface area contributed by atoms with Crippen molar-refractivity contribution < 1.29 is 18.7 Å². The Morgan fingerprint density at radius 2 is 2.00 bits per heavy atom. The summed E-state index contributed by atoms with van der Waals surface area (Å²) in [6.45, 7) is 0. The molecule has 0 amide bonds. The topological polar surface area (TPSA) is 50.4 Å². The number of benzene rings is 1. The average Bonchev–Trinajstić information content (AvgIpc) is 2.84. The Morgan fingerprint density at radius 3 is 2.68 bits per heavy atom. The van der Waals surface area contributed by atoms with Crippen LogP contribution in [0.25, 0.3) is 11.0 Å². The Kier molecular flexibility index (Phi) is 2.90. The predicted molar refractivity (Wildman–Crippen MR) is 68.5 cm³/mol. The summed E-state index contributed by atoms with van der Waals surface area (Å²) in [5.41, 5.74) is -1.27. The molecule has 0 bridgehead atoms. The second-order valence-electron chi connectivity index (χ2n) is 5.19. The predicted octanol–water partition coefficient (Wildman–Crippen LogP) is 3.45. The molecule has 100 valence electrons. The molecule has 0 spiro atoms. The fourth-order valence-corrected chi connectivity index (χ4v) is 2.73. The lowest BCUT2D eigenvalue weighted by atomic mass is 9.81. The van der Waals surface area contributed by atoms with Gasteiger partial charge < -0.3 is 9.52 Å². The third-order valence-corrected chi connectivity index (χ3v) is 3.82. The highest BCUT2D eigenvalue weighted by molar-refractivity contribution is 6.02. The zero-order valence-electron chi connectivity index (χ0n) is 10.5. The van der Waals surface area contributed by atoms with Crippen LogP contribution in [0.5, 0.6) is 0 Å². The van der Waals surface area contributed by atoms with E-state index in [1.54, 1.807) is 12.1 Å². The molecule has 4 heteroatoms. The number of hydrogen-bond donors (Lipinski definition) is 1. The number of para-hydroxylation sites is 1. The summed E-state index contributed by atoms with van der Waals surface area (Å²) in [5.74, 6) is -0.875. The van der Waals surface area contributed by atoms with Crippen molar-refractivity contribution in [3.8, 4) is 0 Å². The lowest BCUT2D eigenvalue weighted by Gasteiger charge is -2.29. The van der Waals surface area contributed by atoms with E-state index in [0.29, 0.717) is 18.2 Å². The fourth-order valence-electron chi connectivity index (χ4n) is 2.73. The van der Waals surface area contributed by atoms with Crippen LogP contribution < -0.4 is 0 Å².